The number of carbonyl (C=O) groups excluding carboxylic acids is 1. The van der Waals surface area contributed by atoms with E-state index in [1.54, 1.807) is 4.90 Å². The third kappa shape index (κ3) is 2.92. The van der Waals surface area contributed by atoms with Gasteiger partial charge in [-0.15, -0.1) is 0 Å². The summed E-state index contributed by atoms with van der Waals surface area (Å²) in [5.41, 5.74) is 5.48. The standard InChI is InChI=1S/C11H22N2O2/c1-8-5-7-15-10(8)11(14)13(3)9(2)4-6-12/h8-10H,4-7,12H2,1-3H3. The Kier molecular flexibility index (Phi) is 4.54. The van der Waals surface area contributed by atoms with E-state index in [-0.39, 0.29) is 18.1 Å². The molecule has 1 amide bonds. The predicted molar refractivity (Wildman–Crippen MR) is 59.4 cm³/mol. The van der Waals surface area contributed by atoms with E-state index in [1.165, 1.54) is 0 Å². The number of amides is 1. The molecule has 2 N–H and O–H groups in total. The minimum Gasteiger partial charge on any atom is -0.368 e. The monoisotopic (exact) mass is 214 g/mol. The van der Waals surface area contributed by atoms with Crippen molar-refractivity contribution in [3.05, 3.63) is 0 Å². The molecule has 0 aliphatic carbocycles. The maximum Gasteiger partial charge on any atom is 0.251 e. The van der Waals surface area contributed by atoms with Crippen molar-refractivity contribution in [1.82, 2.24) is 4.90 Å². The van der Waals surface area contributed by atoms with Gasteiger partial charge in [0, 0.05) is 19.7 Å². The summed E-state index contributed by atoms with van der Waals surface area (Å²) in [7, 11) is 1.83. The first-order chi connectivity index (χ1) is 7.07. The van der Waals surface area contributed by atoms with Gasteiger partial charge >= 0.3 is 0 Å². The van der Waals surface area contributed by atoms with Gasteiger partial charge in [-0.1, -0.05) is 6.92 Å². The molecule has 1 rings (SSSR count). The number of hydrogen-bond donors (Lipinski definition) is 1. The molecule has 1 aliphatic rings. The molecular weight excluding hydrogens is 192 g/mol. The van der Waals surface area contributed by atoms with Gasteiger partial charge in [0.1, 0.15) is 6.10 Å². The summed E-state index contributed by atoms with van der Waals surface area (Å²) in [6.45, 7) is 5.40. The van der Waals surface area contributed by atoms with Gasteiger partial charge < -0.3 is 15.4 Å². The normalized spacial score (nSPS) is 27.7. The maximum absolute atomic E-state index is 12.0. The number of rotatable bonds is 4. The quantitative estimate of drug-likeness (QED) is 0.746. The fourth-order valence-corrected chi connectivity index (χ4v) is 1.86. The minimum atomic E-state index is -0.241. The van der Waals surface area contributed by atoms with Gasteiger partial charge in [0.25, 0.3) is 5.91 Å². The summed E-state index contributed by atoms with van der Waals surface area (Å²) in [5, 5.41) is 0. The third-order valence-electron chi connectivity index (χ3n) is 3.22. The van der Waals surface area contributed by atoms with E-state index in [1.807, 2.05) is 14.0 Å². The van der Waals surface area contributed by atoms with Gasteiger partial charge in [-0.05, 0) is 32.2 Å². The summed E-state index contributed by atoms with van der Waals surface area (Å²) in [6, 6.07) is 0.193. The molecule has 88 valence electrons. The van der Waals surface area contributed by atoms with E-state index in [0.29, 0.717) is 19.1 Å². The predicted octanol–water partition coefficient (Wildman–Crippen LogP) is 0.607. The highest BCUT2D eigenvalue weighted by Crippen LogP contribution is 2.22. The van der Waals surface area contributed by atoms with Crippen LogP contribution >= 0.6 is 0 Å². The topological polar surface area (TPSA) is 55.6 Å². The van der Waals surface area contributed by atoms with Crippen molar-refractivity contribution in [3.8, 4) is 0 Å². The third-order valence-corrected chi connectivity index (χ3v) is 3.22. The molecule has 15 heavy (non-hydrogen) atoms. The highest BCUT2D eigenvalue weighted by Gasteiger charge is 2.33. The molecule has 1 saturated heterocycles. The van der Waals surface area contributed by atoms with Gasteiger partial charge in [-0.3, -0.25) is 4.79 Å². The van der Waals surface area contributed by atoms with Crippen LogP contribution in [-0.2, 0) is 9.53 Å². The van der Waals surface area contributed by atoms with Crippen molar-refractivity contribution in [3.63, 3.8) is 0 Å². The Balaban J connectivity index is 2.51. The summed E-state index contributed by atoms with van der Waals surface area (Å²) in [6.07, 6.45) is 1.58. The molecule has 0 saturated carbocycles. The summed E-state index contributed by atoms with van der Waals surface area (Å²) in [4.78, 5) is 13.8. The molecule has 1 aliphatic heterocycles. The Morgan fingerprint density at radius 3 is 2.80 bits per heavy atom. The van der Waals surface area contributed by atoms with Gasteiger partial charge in [-0.25, -0.2) is 0 Å². The SMILES string of the molecule is CC1CCOC1C(=O)N(C)C(C)CCN. The van der Waals surface area contributed by atoms with Crippen LogP contribution in [0.15, 0.2) is 0 Å². The Bertz CT molecular complexity index is 221. The lowest BCUT2D eigenvalue weighted by Gasteiger charge is -2.28. The summed E-state index contributed by atoms with van der Waals surface area (Å²) >= 11 is 0. The molecule has 1 fully saturated rings. The zero-order valence-corrected chi connectivity index (χ0v) is 9.90. The van der Waals surface area contributed by atoms with E-state index >= 15 is 0 Å². The molecule has 3 unspecified atom stereocenters. The summed E-state index contributed by atoms with van der Waals surface area (Å²) < 4.78 is 5.45. The van der Waals surface area contributed by atoms with Crippen LogP contribution in [-0.4, -0.2) is 43.2 Å². The van der Waals surface area contributed by atoms with E-state index in [0.717, 1.165) is 12.8 Å². The van der Waals surface area contributed by atoms with Crippen LogP contribution in [0.3, 0.4) is 0 Å². The molecule has 4 nitrogen and oxygen atoms in total. The Morgan fingerprint density at radius 1 is 1.67 bits per heavy atom. The van der Waals surface area contributed by atoms with Crippen molar-refractivity contribution in [2.24, 2.45) is 11.7 Å². The van der Waals surface area contributed by atoms with E-state index in [9.17, 15) is 4.79 Å². The number of likely N-dealkylation sites (N-methyl/N-ethyl adjacent to an activating group) is 1. The first kappa shape index (κ1) is 12.5. The molecule has 0 aromatic rings. The van der Waals surface area contributed by atoms with E-state index in [2.05, 4.69) is 6.92 Å². The fourth-order valence-electron chi connectivity index (χ4n) is 1.86. The lowest BCUT2D eigenvalue weighted by Crippen LogP contribution is -2.44. The van der Waals surface area contributed by atoms with Crippen molar-refractivity contribution in [1.29, 1.82) is 0 Å². The van der Waals surface area contributed by atoms with Crippen LogP contribution in [0.4, 0.5) is 0 Å². The first-order valence-corrected chi connectivity index (χ1v) is 5.66. The van der Waals surface area contributed by atoms with E-state index in [4.69, 9.17) is 10.5 Å². The zero-order valence-electron chi connectivity index (χ0n) is 9.90. The van der Waals surface area contributed by atoms with Gasteiger partial charge in [0.05, 0.1) is 0 Å². The maximum atomic E-state index is 12.0. The van der Waals surface area contributed by atoms with Crippen molar-refractivity contribution >= 4 is 5.91 Å². The van der Waals surface area contributed by atoms with Crippen LogP contribution < -0.4 is 5.73 Å². The highest BCUT2D eigenvalue weighted by molar-refractivity contribution is 5.81. The second kappa shape index (κ2) is 5.47. The molecule has 4 heteroatoms. The average molecular weight is 214 g/mol. The second-order valence-corrected chi connectivity index (χ2v) is 4.43. The number of nitrogens with zero attached hydrogens (tertiary/aromatic N) is 1. The van der Waals surface area contributed by atoms with Gasteiger partial charge in [-0.2, -0.15) is 0 Å². The van der Waals surface area contributed by atoms with Crippen molar-refractivity contribution < 1.29 is 9.53 Å². The van der Waals surface area contributed by atoms with Crippen LogP contribution in [0.25, 0.3) is 0 Å². The van der Waals surface area contributed by atoms with Crippen molar-refractivity contribution in [2.45, 2.75) is 38.8 Å². The molecule has 3 atom stereocenters. The smallest absolute Gasteiger partial charge is 0.251 e. The van der Waals surface area contributed by atoms with Crippen LogP contribution in [0.1, 0.15) is 26.7 Å². The Hall–Kier alpha value is -0.610. The lowest BCUT2D eigenvalue weighted by atomic mass is 10.0. The number of carbonyl (C=O) groups is 1. The molecular formula is C11H22N2O2. The highest BCUT2D eigenvalue weighted by atomic mass is 16.5. The molecule has 0 radical (unpaired) electrons. The van der Waals surface area contributed by atoms with Gasteiger partial charge in [0.15, 0.2) is 0 Å². The lowest BCUT2D eigenvalue weighted by molar-refractivity contribution is -0.143. The Labute approximate surface area is 91.8 Å². The molecule has 1 heterocycles. The van der Waals surface area contributed by atoms with Gasteiger partial charge in [0.2, 0.25) is 0 Å². The fraction of sp³-hybridized carbons (Fsp3) is 0.909. The molecule has 0 aromatic carbocycles. The van der Waals surface area contributed by atoms with Crippen LogP contribution in [0, 0.1) is 5.92 Å². The number of nitrogens with two attached hydrogens (primary N) is 1. The largest absolute Gasteiger partial charge is 0.368 e. The number of hydrogen-bond acceptors (Lipinski definition) is 3. The molecule has 0 spiro atoms. The van der Waals surface area contributed by atoms with E-state index < -0.39 is 0 Å². The average Bonchev–Trinajstić information content (AvgIpc) is 2.62. The zero-order chi connectivity index (χ0) is 11.4. The van der Waals surface area contributed by atoms with Crippen LogP contribution in [0.5, 0.6) is 0 Å². The Morgan fingerprint density at radius 2 is 2.33 bits per heavy atom. The van der Waals surface area contributed by atoms with Crippen molar-refractivity contribution in [2.75, 3.05) is 20.2 Å². The summed E-state index contributed by atoms with van der Waals surface area (Å²) in [5.74, 6) is 0.436. The molecule has 0 aromatic heterocycles. The molecule has 0 bridgehead atoms. The number of ether oxygens (including phenoxy) is 1. The van der Waals surface area contributed by atoms with Crippen LogP contribution in [0.2, 0.25) is 0 Å². The first-order valence-electron chi connectivity index (χ1n) is 5.66. The second-order valence-electron chi connectivity index (χ2n) is 4.43. The minimum absolute atomic E-state index is 0.0981.